The molecule has 2 aromatic carbocycles. The normalized spacial score (nSPS) is 14.2. The first-order valence-electron chi connectivity index (χ1n) is 6.94. The maximum Gasteiger partial charge on any atom is 0.246 e. The third-order valence-electron chi connectivity index (χ3n) is 3.71. The number of nitrogens with zero attached hydrogens (tertiary/aromatic N) is 1. The van der Waals surface area contributed by atoms with Crippen LogP contribution in [-0.4, -0.2) is 23.1 Å². The molecule has 0 fully saturated rings. The van der Waals surface area contributed by atoms with Gasteiger partial charge in [0.2, 0.25) is 5.91 Å². The van der Waals surface area contributed by atoms with E-state index in [4.69, 9.17) is 11.6 Å². The zero-order valence-electron chi connectivity index (χ0n) is 11.6. The summed E-state index contributed by atoms with van der Waals surface area (Å²) >= 11 is 5.96. The lowest BCUT2D eigenvalue weighted by Crippen LogP contribution is -2.13. The molecule has 0 spiro atoms. The van der Waals surface area contributed by atoms with Crippen LogP contribution in [0.4, 0.5) is 5.69 Å². The first-order valence-corrected chi connectivity index (χ1v) is 7.31. The van der Waals surface area contributed by atoms with Crippen molar-refractivity contribution in [3.63, 3.8) is 0 Å². The van der Waals surface area contributed by atoms with Gasteiger partial charge in [-0.3, -0.25) is 9.79 Å². The molecule has 1 amide bonds. The van der Waals surface area contributed by atoms with Crippen LogP contribution in [0.15, 0.2) is 53.5 Å². The molecule has 4 rings (SSSR count). The smallest absolute Gasteiger partial charge is 0.246 e. The Hall–Kier alpha value is -2.59. The predicted octanol–water partition coefficient (Wildman–Crippen LogP) is 3.61. The summed E-state index contributed by atoms with van der Waals surface area (Å²) in [7, 11) is 0. The lowest BCUT2D eigenvalue weighted by atomic mass is 10.1. The predicted molar refractivity (Wildman–Crippen MR) is 88.9 cm³/mol. The number of para-hydroxylation sites is 1. The number of hydrogen-bond donors (Lipinski definition) is 2. The molecule has 0 atom stereocenters. The fraction of sp³-hybridized carbons (Fsp3) is 0.0588. The van der Waals surface area contributed by atoms with E-state index in [2.05, 4.69) is 15.3 Å². The Labute approximate surface area is 131 Å². The second-order valence-electron chi connectivity index (χ2n) is 5.14. The third-order valence-corrected chi connectivity index (χ3v) is 3.96. The molecule has 1 aromatic heterocycles. The number of amides is 1. The van der Waals surface area contributed by atoms with Gasteiger partial charge < -0.3 is 10.3 Å². The van der Waals surface area contributed by atoms with Crippen molar-refractivity contribution in [2.45, 2.75) is 0 Å². The summed E-state index contributed by atoms with van der Waals surface area (Å²) in [6.45, 7) is 0.106. The minimum Gasteiger partial charge on any atom is -0.351 e. The number of anilines is 1. The molecule has 22 heavy (non-hydrogen) atoms. The number of benzene rings is 2. The summed E-state index contributed by atoms with van der Waals surface area (Å²) in [5.74, 6) is -0.116. The maximum atomic E-state index is 12.0. The zero-order valence-corrected chi connectivity index (χ0v) is 12.3. The van der Waals surface area contributed by atoms with Gasteiger partial charge in [-0.05, 0) is 18.2 Å². The molecule has 2 heterocycles. The van der Waals surface area contributed by atoms with Gasteiger partial charge in [-0.1, -0.05) is 41.9 Å². The van der Waals surface area contributed by atoms with Crippen LogP contribution in [0, 0.1) is 0 Å². The topological polar surface area (TPSA) is 57.2 Å². The van der Waals surface area contributed by atoms with E-state index in [1.165, 1.54) is 0 Å². The lowest BCUT2D eigenvalue weighted by Gasteiger charge is -2.05. The van der Waals surface area contributed by atoms with Gasteiger partial charge in [0.1, 0.15) is 6.54 Å². The van der Waals surface area contributed by atoms with Gasteiger partial charge in [-0.2, -0.15) is 0 Å². The van der Waals surface area contributed by atoms with E-state index in [9.17, 15) is 4.79 Å². The Morgan fingerprint density at radius 2 is 1.82 bits per heavy atom. The van der Waals surface area contributed by atoms with Crippen molar-refractivity contribution in [3.05, 3.63) is 64.8 Å². The number of aliphatic imine (C=N–C) groups is 1. The standard InChI is InChI=1S/C17H12ClN3O/c18-11-7-5-10(6-8-11)15-17-16(21-14(22)9-19-15)12-3-1-2-4-13(12)20-17/h1-8,20H,9H2,(H,21,22). The molecule has 1 aliphatic heterocycles. The number of nitrogens with one attached hydrogen (secondary N) is 2. The molecule has 2 N–H and O–H groups in total. The van der Waals surface area contributed by atoms with Crippen LogP contribution in [-0.2, 0) is 4.79 Å². The molecule has 108 valence electrons. The number of aromatic amines is 1. The Morgan fingerprint density at radius 3 is 2.64 bits per heavy atom. The average Bonchev–Trinajstić information content (AvgIpc) is 2.79. The molecule has 0 saturated carbocycles. The van der Waals surface area contributed by atoms with Crippen LogP contribution in [0.25, 0.3) is 10.9 Å². The fourth-order valence-electron chi connectivity index (χ4n) is 2.70. The molecule has 0 bridgehead atoms. The summed E-state index contributed by atoms with van der Waals surface area (Å²) in [5, 5.41) is 4.60. The molecule has 4 nitrogen and oxygen atoms in total. The third kappa shape index (κ3) is 2.09. The van der Waals surface area contributed by atoms with E-state index in [-0.39, 0.29) is 12.5 Å². The Balaban J connectivity index is 1.97. The molecule has 1 aliphatic rings. The van der Waals surface area contributed by atoms with Gasteiger partial charge in [-0.15, -0.1) is 0 Å². The number of carbonyl (C=O) groups is 1. The highest BCUT2D eigenvalue weighted by Gasteiger charge is 2.22. The van der Waals surface area contributed by atoms with E-state index in [1.54, 1.807) is 0 Å². The molecule has 3 aromatic rings. The Morgan fingerprint density at radius 1 is 1.05 bits per heavy atom. The quantitative estimate of drug-likeness (QED) is 0.709. The highest BCUT2D eigenvalue weighted by atomic mass is 35.5. The first-order chi connectivity index (χ1) is 10.7. The summed E-state index contributed by atoms with van der Waals surface area (Å²) < 4.78 is 0. The molecule has 0 saturated heterocycles. The largest absolute Gasteiger partial charge is 0.351 e. The van der Waals surface area contributed by atoms with Gasteiger partial charge in [-0.25, -0.2) is 0 Å². The monoisotopic (exact) mass is 309 g/mol. The number of carbonyl (C=O) groups excluding carboxylic acids is 1. The molecule has 0 aliphatic carbocycles. The summed E-state index contributed by atoms with van der Waals surface area (Å²) in [6.07, 6.45) is 0. The first kappa shape index (κ1) is 13.1. The number of aromatic nitrogens is 1. The van der Waals surface area contributed by atoms with Crippen LogP contribution >= 0.6 is 11.6 Å². The maximum absolute atomic E-state index is 12.0. The number of rotatable bonds is 1. The molecular formula is C17H12ClN3O. The van der Waals surface area contributed by atoms with Crippen molar-refractivity contribution in [3.8, 4) is 0 Å². The molecule has 0 unspecified atom stereocenters. The van der Waals surface area contributed by atoms with E-state index in [0.29, 0.717) is 5.02 Å². The van der Waals surface area contributed by atoms with Crippen molar-refractivity contribution in [2.24, 2.45) is 4.99 Å². The number of H-pyrrole nitrogens is 1. The van der Waals surface area contributed by atoms with Gasteiger partial charge >= 0.3 is 0 Å². The summed E-state index contributed by atoms with van der Waals surface area (Å²) in [6, 6.07) is 15.3. The van der Waals surface area contributed by atoms with E-state index in [1.807, 2.05) is 48.5 Å². The molecular weight excluding hydrogens is 298 g/mol. The van der Waals surface area contributed by atoms with Crippen LogP contribution in [0.2, 0.25) is 5.02 Å². The second kappa shape index (κ2) is 5.00. The second-order valence-corrected chi connectivity index (χ2v) is 5.58. The minimum absolute atomic E-state index is 0.106. The lowest BCUT2D eigenvalue weighted by molar-refractivity contribution is -0.114. The zero-order chi connectivity index (χ0) is 15.1. The Bertz CT molecular complexity index is 909. The van der Waals surface area contributed by atoms with Crippen molar-refractivity contribution in [2.75, 3.05) is 11.9 Å². The molecule has 0 radical (unpaired) electrons. The van der Waals surface area contributed by atoms with E-state index >= 15 is 0 Å². The van der Waals surface area contributed by atoms with Crippen molar-refractivity contribution < 1.29 is 4.79 Å². The highest BCUT2D eigenvalue weighted by molar-refractivity contribution is 6.31. The number of hydrogen-bond acceptors (Lipinski definition) is 2. The SMILES string of the molecule is O=C1CN=C(c2ccc(Cl)cc2)c2[nH]c3ccccc3c2N1. The van der Waals surface area contributed by atoms with Crippen molar-refractivity contribution in [1.82, 2.24) is 4.98 Å². The van der Waals surface area contributed by atoms with Gasteiger partial charge in [0, 0.05) is 21.5 Å². The van der Waals surface area contributed by atoms with Gasteiger partial charge in [0.15, 0.2) is 0 Å². The number of halogens is 1. The molecule has 5 heteroatoms. The van der Waals surface area contributed by atoms with E-state index < -0.39 is 0 Å². The summed E-state index contributed by atoms with van der Waals surface area (Å²) in [4.78, 5) is 19.8. The average molecular weight is 310 g/mol. The van der Waals surface area contributed by atoms with Crippen molar-refractivity contribution in [1.29, 1.82) is 0 Å². The minimum atomic E-state index is -0.116. The van der Waals surface area contributed by atoms with Gasteiger partial charge in [0.05, 0.1) is 17.1 Å². The van der Waals surface area contributed by atoms with Crippen LogP contribution in [0.1, 0.15) is 11.3 Å². The van der Waals surface area contributed by atoms with Gasteiger partial charge in [0.25, 0.3) is 0 Å². The fourth-order valence-corrected chi connectivity index (χ4v) is 2.83. The van der Waals surface area contributed by atoms with E-state index in [0.717, 1.165) is 33.6 Å². The Kier molecular flexibility index (Phi) is 2.98. The highest BCUT2D eigenvalue weighted by Crippen LogP contribution is 2.31. The van der Waals surface area contributed by atoms with Crippen molar-refractivity contribution >= 4 is 39.8 Å². The van der Waals surface area contributed by atoms with Crippen LogP contribution in [0.3, 0.4) is 0 Å². The number of fused-ring (bicyclic) bond motifs is 3. The van der Waals surface area contributed by atoms with Crippen LogP contribution < -0.4 is 5.32 Å². The summed E-state index contributed by atoms with van der Waals surface area (Å²) in [5.41, 5.74) is 4.27. The van der Waals surface area contributed by atoms with Crippen LogP contribution in [0.5, 0.6) is 0 Å².